The zero-order valence-electron chi connectivity index (χ0n) is 17.2. The van der Waals surface area contributed by atoms with Crippen LogP contribution in [0.5, 0.6) is 0 Å². The largest absolute Gasteiger partial charge is 0.393 e. The van der Waals surface area contributed by atoms with Crippen molar-refractivity contribution in [1.82, 2.24) is 5.48 Å². The van der Waals surface area contributed by atoms with Gasteiger partial charge in [0.15, 0.2) is 0 Å². The molecule has 0 aliphatic heterocycles. The predicted octanol–water partition coefficient (Wildman–Crippen LogP) is 4.03. The Balaban J connectivity index is 1.60. The SMILES string of the molecule is CC12CCC/C(=C\C=C3C[C@@H](O)C[C@H](O)C3)[C@@H]1CC[C@@H]2CCCCC(=O)NO. The normalized spacial score (nSPS) is 37.0. The number of unbranched alkanes of at least 4 members (excludes halogenated alkanes) is 1. The second-order valence-corrected chi connectivity index (χ2v) is 9.49. The molecule has 0 saturated heterocycles. The fourth-order valence-electron chi connectivity index (χ4n) is 6.08. The van der Waals surface area contributed by atoms with Gasteiger partial charge in [-0.2, -0.15) is 0 Å². The van der Waals surface area contributed by atoms with E-state index in [0.717, 1.165) is 12.8 Å². The van der Waals surface area contributed by atoms with Crippen LogP contribution < -0.4 is 5.48 Å². The number of carbonyl (C=O) groups excluding carboxylic acids is 1. The average Bonchev–Trinajstić information content (AvgIpc) is 2.99. The molecule has 0 aromatic carbocycles. The molecule has 3 rings (SSSR count). The van der Waals surface area contributed by atoms with Crippen LogP contribution in [0.4, 0.5) is 0 Å². The average molecular weight is 392 g/mol. The standard InChI is InChI=1S/C23H37NO4/c1-23-12-4-5-17(9-8-16-13-19(25)15-20(26)14-16)21(23)11-10-18(23)6-2-3-7-22(27)24-28/h8-9,18-21,25-26,28H,2-7,10-15H2,1H3,(H,24,27)/b17-9+/t18-,19+,20+,21-,23?/m0/s1. The number of rotatable bonds is 6. The van der Waals surface area contributed by atoms with Gasteiger partial charge in [0.2, 0.25) is 5.91 Å². The van der Waals surface area contributed by atoms with Gasteiger partial charge < -0.3 is 10.2 Å². The van der Waals surface area contributed by atoms with Gasteiger partial charge in [-0.25, -0.2) is 5.48 Å². The lowest BCUT2D eigenvalue weighted by molar-refractivity contribution is -0.129. The maximum atomic E-state index is 11.2. The molecule has 3 aliphatic carbocycles. The van der Waals surface area contributed by atoms with Crippen molar-refractivity contribution in [3.63, 3.8) is 0 Å². The lowest BCUT2D eigenvalue weighted by Crippen LogP contribution is -2.33. The zero-order chi connectivity index (χ0) is 20.1. The van der Waals surface area contributed by atoms with Crippen LogP contribution in [0, 0.1) is 17.3 Å². The Labute approximate surface area is 168 Å². The van der Waals surface area contributed by atoms with E-state index in [4.69, 9.17) is 5.21 Å². The Morgan fingerprint density at radius 2 is 1.93 bits per heavy atom. The summed E-state index contributed by atoms with van der Waals surface area (Å²) < 4.78 is 0. The number of fused-ring (bicyclic) bond motifs is 1. The Bertz CT molecular complexity index is 602. The van der Waals surface area contributed by atoms with Gasteiger partial charge in [0.05, 0.1) is 12.2 Å². The first kappa shape index (κ1) is 21.5. The van der Waals surface area contributed by atoms with Gasteiger partial charge in [0.1, 0.15) is 0 Å². The fourth-order valence-corrected chi connectivity index (χ4v) is 6.08. The molecule has 0 spiro atoms. The van der Waals surface area contributed by atoms with E-state index in [2.05, 4.69) is 19.1 Å². The van der Waals surface area contributed by atoms with E-state index in [1.165, 1.54) is 44.1 Å². The number of hydroxylamine groups is 1. The van der Waals surface area contributed by atoms with Crippen LogP contribution in [-0.2, 0) is 4.79 Å². The lowest BCUT2D eigenvalue weighted by Gasteiger charge is -2.42. The first-order valence-corrected chi connectivity index (χ1v) is 11.1. The first-order chi connectivity index (χ1) is 13.4. The van der Waals surface area contributed by atoms with Crippen molar-refractivity contribution < 1.29 is 20.2 Å². The summed E-state index contributed by atoms with van der Waals surface area (Å²) in [6.45, 7) is 2.46. The van der Waals surface area contributed by atoms with Crippen molar-refractivity contribution in [2.75, 3.05) is 0 Å². The summed E-state index contributed by atoms with van der Waals surface area (Å²) in [6, 6.07) is 0. The van der Waals surface area contributed by atoms with Crippen molar-refractivity contribution in [3.05, 3.63) is 23.3 Å². The highest BCUT2D eigenvalue weighted by Crippen LogP contribution is 2.58. The van der Waals surface area contributed by atoms with E-state index in [0.29, 0.717) is 42.9 Å². The number of allylic oxidation sites excluding steroid dienone is 3. The molecule has 3 saturated carbocycles. The molecule has 158 valence electrons. The summed E-state index contributed by atoms with van der Waals surface area (Å²) in [5, 5.41) is 28.4. The lowest BCUT2D eigenvalue weighted by atomic mass is 9.62. The number of carbonyl (C=O) groups is 1. The minimum Gasteiger partial charge on any atom is -0.393 e. The predicted molar refractivity (Wildman–Crippen MR) is 109 cm³/mol. The third-order valence-electron chi connectivity index (χ3n) is 7.56. The minimum atomic E-state index is -0.409. The molecule has 5 nitrogen and oxygen atoms in total. The summed E-state index contributed by atoms with van der Waals surface area (Å²) in [6.07, 6.45) is 15.2. The highest BCUT2D eigenvalue weighted by Gasteiger charge is 2.48. The van der Waals surface area contributed by atoms with Crippen molar-refractivity contribution in [2.45, 2.75) is 96.2 Å². The molecular formula is C23H37NO4. The Morgan fingerprint density at radius 3 is 2.64 bits per heavy atom. The third kappa shape index (κ3) is 5.05. The second-order valence-electron chi connectivity index (χ2n) is 9.49. The van der Waals surface area contributed by atoms with Crippen molar-refractivity contribution in [3.8, 4) is 0 Å². The summed E-state index contributed by atoms with van der Waals surface area (Å²) in [5.74, 6) is 1.07. The first-order valence-electron chi connectivity index (χ1n) is 11.1. The van der Waals surface area contributed by atoms with Crippen LogP contribution in [0.15, 0.2) is 23.3 Å². The molecule has 0 radical (unpaired) electrons. The van der Waals surface area contributed by atoms with E-state index in [1.54, 1.807) is 11.1 Å². The summed E-state index contributed by atoms with van der Waals surface area (Å²) in [4.78, 5) is 11.2. The smallest absolute Gasteiger partial charge is 0.243 e. The van der Waals surface area contributed by atoms with Gasteiger partial charge in [-0.15, -0.1) is 0 Å². The molecule has 1 unspecified atom stereocenters. The molecule has 3 fully saturated rings. The van der Waals surface area contributed by atoms with Crippen LogP contribution in [0.3, 0.4) is 0 Å². The number of nitrogens with one attached hydrogen (secondary N) is 1. The Hall–Kier alpha value is -1.17. The molecule has 5 atom stereocenters. The molecular weight excluding hydrogens is 354 g/mol. The highest BCUT2D eigenvalue weighted by atomic mass is 16.5. The Kier molecular flexibility index (Phi) is 7.35. The fraction of sp³-hybridized carbons (Fsp3) is 0.783. The Morgan fingerprint density at radius 1 is 1.18 bits per heavy atom. The van der Waals surface area contributed by atoms with Crippen molar-refractivity contribution >= 4 is 5.91 Å². The number of aliphatic hydroxyl groups is 2. The number of hydrogen-bond acceptors (Lipinski definition) is 4. The van der Waals surface area contributed by atoms with Crippen LogP contribution >= 0.6 is 0 Å². The van der Waals surface area contributed by atoms with E-state index >= 15 is 0 Å². The van der Waals surface area contributed by atoms with Gasteiger partial charge in [-0.3, -0.25) is 10.0 Å². The number of hydrogen-bond donors (Lipinski definition) is 4. The maximum absolute atomic E-state index is 11.2. The monoisotopic (exact) mass is 391 g/mol. The number of aliphatic hydroxyl groups excluding tert-OH is 2. The van der Waals surface area contributed by atoms with Crippen molar-refractivity contribution in [2.24, 2.45) is 17.3 Å². The van der Waals surface area contributed by atoms with Crippen molar-refractivity contribution in [1.29, 1.82) is 0 Å². The summed E-state index contributed by atoms with van der Waals surface area (Å²) in [5.41, 5.74) is 4.79. The number of amides is 1. The van der Waals surface area contributed by atoms with Gasteiger partial charge in [0.25, 0.3) is 0 Å². The molecule has 0 heterocycles. The van der Waals surface area contributed by atoms with Gasteiger partial charge in [-0.1, -0.05) is 36.6 Å². The second kappa shape index (κ2) is 9.55. The summed E-state index contributed by atoms with van der Waals surface area (Å²) >= 11 is 0. The molecule has 5 heteroatoms. The van der Waals surface area contributed by atoms with Crippen LogP contribution in [0.2, 0.25) is 0 Å². The van der Waals surface area contributed by atoms with E-state index in [-0.39, 0.29) is 5.91 Å². The van der Waals surface area contributed by atoms with Crippen LogP contribution in [-0.4, -0.2) is 33.5 Å². The molecule has 3 aliphatic rings. The third-order valence-corrected chi connectivity index (χ3v) is 7.56. The van der Waals surface area contributed by atoms with Gasteiger partial charge in [0, 0.05) is 6.42 Å². The van der Waals surface area contributed by atoms with Gasteiger partial charge >= 0.3 is 0 Å². The minimum absolute atomic E-state index is 0.288. The van der Waals surface area contributed by atoms with Crippen LogP contribution in [0.25, 0.3) is 0 Å². The van der Waals surface area contributed by atoms with Gasteiger partial charge in [-0.05, 0) is 81.5 Å². The molecule has 28 heavy (non-hydrogen) atoms. The van der Waals surface area contributed by atoms with E-state index in [9.17, 15) is 15.0 Å². The van der Waals surface area contributed by atoms with E-state index < -0.39 is 12.2 Å². The maximum Gasteiger partial charge on any atom is 0.243 e. The zero-order valence-corrected chi connectivity index (χ0v) is 17.2. The molecule has 4 N–H and O–H groups in total. The summed E-state index contributed by atoms with van der Waals surface area (Å²) in [7, 11) is 0. The van der Waals surface area contributed by atoms with Crippen LogP contribution in [0.1, 0.15) is 84.0 Å². The topological polar surface area (TPSA) is 89.8 Å². The van der Waals surface area contributed by atoms with E-state index in [1.807, 2.05) is 0 Å². The molecule has 0 aromatic heterocycles. The molecule has 0 bridgehead atoms. The molecule has 1 amide bonds. The quantitative estimate of drug-likeness (QED) is 0.313. The molecule has 0 aromatic rings. The highest BCUT2D eigenvalue weighted by molar-refractivity contribution is 5.74.